The molecule has 0 heteroatoms. The third-order valence-electron chi connectivity index (χ3n) is 10.7. The van der Waals surface area contributed by atoms with Gasteiger partial charge in [0, 0.05) is 0 Å². The van der Waals surface area contributed by atoms with E-state index in [4.69, 9.17) is 0 Å². The molecule has 0 saturated carbocycles. The summed E-state index contributed by atoms with van der Waals surface area (Å²) >= 11 is 0. The molecule has 0 radical (unpaired) electrons. The van der Waals surface area contributed by atoms with Gasteiger partial charge in [-0.15, -0.1) is 0 Å². The first-order valence-corrected chi connectivity index (χ1v) is 17.0. The molecule has 0 spiro atoms. The maximum atomic E-state index is 2.48. The Kier molecular flexibility index (Phi) is 5.65. The highest BCUT2D eigenvalue weighted by Crippen LogP contribution is 2.48. The summed E-state index contributed by atoms with van der Waals surface area (Å²) in [6, 6.07) is 56.9. The lowest BCUT2D eigenvalue weighted by Crippen LogP contribution is -2.13. The van der Waals surface area contributed by atoms with E-state index in [1.807, 2.05) is 0 Å². The molecule has 0 heterocycles. The quantitative estimate of drug-likeness (QED) is 0.135. The van der Waals surface area contributed by atoms with E-state index >= 15 is 0 Å². The summed E-state index contributed by atoms with van der Waals surface area (Å²) in [4.78, 5) is 0. The molecule has 0 aliphatic carbocycles. The van der Waals surface area contributed by atoms with Crippen LogP contribution in [-0.4, -0.2) is 0 Å². The minimum Gasteiger partial charge on any atom is -0.0616 e. The molecule has 0 saturated heterocycles. The minimum atomic E-state index is -0.0594. The lowest BCUT2D eigenvalue weighted by molar-refractivity contribution is 0.601. The van der Waals surface area contributed by atoms with Crippen molar-refractivity contribution < 1.29 is 0 Å². The van der Waals surface area contributed by atoms with Crippen LogP contribution < -0.4 is 0 Å². The highest BCUT2D eigenvalue weighted by atomic mass is 14.3. The molecule has 226 valence electrons. The summed E-state index contributed by atoms with van der Waals surface area (Å²) in [6.07, 6.45) is 0. The van der Waals surface area contributed by atoms with Gasteiger partial charge in [0.2, 0.25) is 0 Å². The summed E-state index contributed by atoms with van der Waals surface area (Å²) < 4.78 is 0. The van der Waals surface area contributed by atoms with Crippen LogP contribution in [0.15, 0.2) is 152 Å². The Labute approximate surface area is 280 Å². The highest BCUT2D eigenvalue weighted by molar-refractivity contribution is 6.34. The highest BCUT2D eigenvalue weighted by Gasteiger charge is 2.25. The molecule has 0 aliphatic heterocycles. The van der Waals surface area contributed by atoms with Gasteiger partial charge in [-0.25, -0.2) is 0 Å². The number of fused-ring (bicyclic) bond motifs is 5. The molecule has 0 aliphatic rings. The lowest BCUT2D eigenvalue weighted by Gasteiger charge is -2.27. The van der Waals surface area contributed by atoms with Gasteiger partial charge in [0.15, 0.2) is 0 Å². The second-order valence-electron chi connectivity index (χ2n) is 14.4. The van der Waals surface area contributed by atoms with Gasteiger partial charge in [0.1, 0.15) is 0 Å². The van der Waals surface area contributed by atoms with E-state index in [0.29, 0.717) is 0 Å². The normalized spacial score (nSPS) is 12.5. The van der Waals surface area contributed by atoms with Crippen molar-refractivity contribution in [1.82, 2.24) is 0 Å². The van der Waals surface area contributed by atoms with Gasteiger partial charge >= 0.3 is 0 Å². The van der Waals surface area contributed by atoms with Gasteiger partial charge in [-0.1, -0.05) is 166 Å². The van der Waals surface area contributed by atoms with Gasteiger partial charge in [0.05, 0.1) is 0 Å². The van der Waals surface area contributed by atoms with Gasteiger partial charge < -0.3 is 0 Å². The maximum absolute atomic E-state index is 2.48. The van der Waals surface area contributed by atoms with Crippen LogP contribution in [0.3, 0.4) is 0 Å². The van der Waals surface area contributed by atoms with Crippen LogP contribution in [0, 0.1) is 0 Å². The fourth-order valence-electron chi connectivity index (χ4n) is 8.78. The first-order valence-electron chi connectivity index (χ1n) is 17.0. The van der Waals surface area contributed by atoms with E-state index in [1.165, 1.54) is 103 Å². The van der Waals surface area contributed by atoms with Gasteiger partial charge in [-0.3, -0.25) is 0 Å². The summed E-state index contributed by atoms with van der Waals surface area (Å²) in [5.41, 5.74) is 6.49. The van der Waals surface area contributed by atoms with Crippen molar-refractivity contribution in [3.8, 4) is 22.3 Å². The van der Waals surface area contributed by atoms with Crippen molar-refractivity contribution in [1.29, 1.82) is 0 Å². The number of benzene rings is 10. The molecule has 10 aromatic rings. The molecular weight excluding hydrogens is 577 g/mol. The monoisotopic (exact) mass is 610 g/mol. The topological polar surface area (TPSA) is 0 Å². The molecular formula is C48H34. The molecule has 0 fully saturated rings. The fourth-order valence-corrected chi connectivity index (χ4v) is 8.78. The van der Waals surface area contributed by atoms with Crippen molar-refractivity contribution in [2.75, 3.05) is 0 Å². The van der Waals surface area contributed by atoms with E-state index in [0.717, 1.165) is 0 Å². The zero-order valence-electron chi connectivity index (χ0n) is 27.4. The molecule has 0 N–H and O–H groups in total. The number of hydrogen-bond acceptors (Lipinski definition) is 0. The van der Waals surface area contributed by atoms with Crippen LogP contribution in [0.5, 0.6) is 0 Å². The van der Waals surface area contributed by atoms with Crippen LogP contribution in [-0.2, 0) is 5.41 Å². The predicted molar refractivity (Wildman–Crippen MR) is 210 cm³/mol. The molecule has 10 aromatic carbocycles. The largest absolute Gasteiger partial charge is 0.0616 e. The van der Waals surface area contributed by atoms with E-state index in [-0.39, 0.29) is 5.41 Å². The van der Waals surface area contributed by atoms with Crippen molar-refractivity contribution in [3.63, 3.8) is 0 Å². The van der Waals surface area contributed by atoms with Crippen molar-refractivity contribution in [3.05, 3.63) is 157 Å². The zero-order valence-corrected chi connectivity index (χ0v) is 27.4. The molecule has 0 atom stereocenters. The minimum absolute atomic E-state index is 0.0594. The zero-order chi connectivity index (χ0) is 32.1. The fraction of sp³-hybridized carbons (Fsp3) is 0.0833. The molecule has 0 aromatic heterocycles. The van der Waals surface area contributed by atoms with Crippen LogP contribution in [0.2, 0.25) is 0 Å². The van der Waals surface area contributed by atoms with Crippen LogP contribution in [0.1, 0.15) is 26.3 Å². The second kappa shape index (κ2) is 9.89. The predicted octanol–water partition coefficient (Wildman–Crippen LogP) is 13.8. The van der Waals surface area contributed by atoms with Crippen molar-refractivity contribution in [2.45, 2.75) is 26.2 Å². The lowest BCUT2D eigenvalue weighted by atomic mass is 9.77. The molecule has 48 heavy (non-hydrogen) atoms. The molecule has 0 nitrogen and oxygen atoms in total. The first-order chi connectivity index (χ1) is 23.5. The van der Waals surface area contributed by atoms with E-state index in [9.17, 15) is 0 Å². The number of rotatable bonds is 2. The summed E-state index contributed by atoms with van der Waals surface area (Å²) in [6.45, 7) is 7.08. The van der Waals surface area contributed by atoms with E-state index < -0.39 is 0 Å². The third kappa shape index (κ3) is 3.78. The Morgan fingerprint density at radius 2 is 0.854 bits per heavy atom. The Hall–Kier alpha value is -5.72. The Bertz CT molecular complexity index is 2860. The number of hydrogen-bond donors (Lipinski definition) is 0. The van der Waals surface area contributed by atoms with E-state index in [2.05, 4.69) is 172 Å². The summed E-state index contributed by atoms with van der Waals surface area (Å²) in [5.74, 6) is 0. The van der Waals surface area contributed by atoms with Crippen LogP contribution in [0.25, 0.3) is 97.7 Å². The van der Waals surface area contributed by atoms with Gasteiger partial charge in [-0.2, -0.15) is 0 Å². The summed E-state index contributed by atoms with van der Waals surface area (Å²) in [7, 11) is 0. The van der Waals surface area contributed by atoms with Crippen LogP contribution in [0.4, 0.5) is 0 Å². The van der Waals surface area contributed by atoms with Gasteiger partial charge in [-0.05, 0) is 115 Å². The molecule has 0 amide bonds. The molecule has 10 rings (SSSR count). The molecule has 0 bridgehead atoms. The summed E-state index contributed by atoms with van der Waals surface area (Å²) in [5, 5.41) is 18.5. The Morgan fingerprint density at radius 1 is 0.333 bits per heavy atom. The van der Waals surface area contributed by atoms with E-state index in [1.54, 1.807) is 0 Å². The second-order valence-corrected chi connectivity index (χ2v) is 14.4. The SMILES string of the molecule is CC(C)(C)c1c2ccccc2c(-c2cccc3ccccc23)c2ccc(-c3ccc4c5cccc6cccc(c7cccc3c74)c65)cc12. The average Bonchev–Trinajstić information content (AvgIpc) is 3.11. The smallest absolute Gasteiger partial charge is 0.00201 e. The van der Waals surface area contributed by atoms with Crippen molar-refractivity contribution >= 4 is 75.4 Å². The standard InChI is InChI=1S/C48H34/c1-48(2,3)47-42-18-7-6-17-39(42)46(34-19-8-13-29-12-4-5-16-32(29)34)41-25-24-31(28-43(41)47)33-26-27-40-37-21-10-15-30-14-9-20-36(44(30)37)38-23-11-22-35(33)45(38)40/h4-28H,1-3H3. The Morgan fingerprint density at radius 3 is 1.62 bits per heavy atom. The maximum Gasteiger partial charge on any atom is -0.00201 e. The van der Waals surface area contributed by atoms with Gasteiger partial charge in [0.25, 0.3) is 0 Å². The van der Waals surface area contributed by atoms with Crippen molar-refractivity contribution in [2.24, 2.45) is 0 Å². The first kappa shape index (κ1) is 27.4. The van der Waals surface area contributed by atoms with Crippen LogP contribution >= 0.6 is 0 Å². The third-order valence-corrected chi connectivity index (χ3v) is 10.7. The average molecular weight is 611 g/mol. The Balaban J connectivity index is 1.33. The molecule has 0 unspecified atom stereocenters.